The summed E-state index contributed by atoms with van der Waals surface area (Å²) >= 11 is 0. The maximum atomic E-state index is 13.6. The molecule has 4 aliphatic carbocycles. The summed E-state index contributed by atoms with van der Waals surface area (Å²) < 4.78 is 18.4. The Labute approximate surface area is 196 Å². The molecule has 0 unspecified atom stereocenters. The molecule has 1 amide bonds. The van der Waals surface area contributed by atoms with Crippen LogP contribution in [-0.2, 0) is 23.8 Å². The van der Waals surface area contributed by atoms with Gasteiger partial charge in [0, 0.05) is 18.4 Å². The monoisotopic (exact) mass is 461 g/mol. The van der Waals surface area contributed by atoms with E-state index < -0.39 is 16.8 Å². The normalized spacial score (nSPS) is 47.8. The highest BCUT2D eigenvalue weighted by atomic mass is 16.6. The Morgan fingerprint density at radius 2 is 1.70 bits per heavy atom. The Morgan fingerprint density at radius 3 is 2.21 bits per heavy atom. The van der Waals surface area contributed by atoms with Gasteiger partial charge in [-0.3, -0.25) is 9.59 Å². The number of methoxy groups -OCH3 is 1. The fourth-order valence-corrected chi connectivity index (χ4v) is 7.31. The topological polar surface area (TPSA) is 101 Å². The van der Waals surface area contributed by atoms with Gasteiger partial charge in [-0.15, -0.1) is 0 Å². The Kier molecular flexibility index (Phi) is 5.50. The first-order valence-electron chi connectivity index (χ1n) is 12.6. The molecule has 2 saturated heterocycles. The van der Waals surface area contributed by atoms with Crippen LogP contribution in [-0.4, -0.2) is 60.2 Å². The first kappa shape index (κ1) is 23.3. The van der Waals surface area contributed by atoms with Crippen molar-refractivity contribution in [3.05, 3.63) is 11.6 Å². The number of ether oxygens (including phenoxy) is 3. The number of carbonyl (C=O) groups is 2. The Hall–Kier alpha value is -1.44. The number of fused-ring (bicyclic) bond motifs is 3. The molecule has 6 rings (SSSR count). The molecule has 184 valence electrons. The number of aliphatic carboxylic acids is 1. The number of epoxide rings is 2. The highest BCUT2D eigenvalue weighted by Gasteiger charge is 2.72. The molecule has 1 spiro atoms. The first-order valence-corrected chi connectivity index (χ1v) is 12.6. The van der Waals surface area contributed by atoms with Crippen molar-refractivity contribution in [1.82, 2.24) is 5.32 Å². The molecule has 7 heteroatoms. The second kappa shape index (κ2) is 7.79. The summed E-state index contributed by atoms with van der Waals surface area (Å²) in [4.78, 5) is 25.4. The van der Waals surface area contributed by atoms with Crippen LogP contribution in [0.3, 0.4) is 0 Å². The zero-order valence-corrected chi connectivity index (χ0v) is 20.4. The van der Waals surface area contributed by atoms with Crippen LogP contribution in [0.5, 0.6) is 0 Å². The van der Waals surface area contributed by atoms with Gasteiger partial charge < -0.3 is 24.6 Å². The van der Waals surface area contributed by atoms with E-state index in [-0.39, 0.29) is 41.3 Å². The second-order valence-electron chi connectivity index (χ2n) is 11.8. The summed E-state index contributed by atoms with van der Waals surface area (Å²) in [6, 6.07) is -0.0880. The van der Waals surface area contributed by atoms with E-state index in [2.05, 4.69) is 32.2 Å². The number of carboxylic acid groups (broad SMARTS) is 1. The fourth-order valence-electron chi connectivity index (χ4n) is 7.31. The highest BCUT2D eigenvalue weighted by Crippen LogP contribution is 2.60. The van der Waals surface area contributed by atoms with E-state index in [1.54, 1.807) is 7.11 Å². The van der Waals surface area contributed by atoms with Crippen molar-refractivity contribution >= 4 is 11.9 Å². The van der Waals surface area contributed by atoms with Crippen LogP contribution in [0.25, 0.3) is 0 Å². The third-order valence-corrected chi connectivity index (χ3v) is 9.79. The van der Waals surface area contributed by atoms with Gasteiger partial charge >= 0.3 is 5.97 Å². The number of carbonyl (C=O) groups excluding carboxylic acids is 1. The lowest BCUT2D eigenvalue weighted by Gasteiger charge is -2.51. The average Bonchev–Trinajstić information content (AvgIpc) is 3.71. The van der Waals surface area contributed by atoms with E-state index in [0.29, 0.717) is 38.5 Å². The minimum absolute atomic E-state index is 0.0690. The minimum Gasteiger partial charge on any atom is -0.481 e. The fraction of sp³-hybridized carbons (Fsp3) is 0.846. The first-order chi connectivity index (χ1) is 15.6. The lowest BCUT2D eigenvalue weighted by Crippen LogP contribution is -2.62. The van der Waals surface area contributed by atoms with Gasteiger partial charge in [0.2, 0.25) is 5.91 Å². The van der Waals surface area contributed by atoms with Gasteiger partial charge in [0.25, 0.3) is 0 Å². The minimum atomic E-state index is -0.694. The van der Waals surface area contributed by atoms with Gasteiger partial charge in [0.05, 0.1) is 35.9 Å². The van der Waals surface area contributed by atoms with Crippen molar-refractivity contribution < 1.29 is 28.9 Å². The molecular formula is C26H39NO6. The van der Waals surface area contributed by atoms with Crippen LogP contribution in [0.1, 0.15) is 78.6 Å². The number of carboxylic acids is 1. The third-order valence-electron chi connectivity index (χ3n) is 9.79. The zero-order chi connectivity index (χ0) is 23.6. The van der Waals surface area contributed by atoms with Gasteiger partial charge in [0.1, 0.15) is 5.60 Å². The maximum absolute atomic E-state index is 13.6. The molecule has 2 heterocycles. The van der Waals surface area contributed by atoms with E-state index in [1.165, 1.54) is 5.57 Å². The van der Waals surface area contributed by atoms with Gasteiger partial charge in [-0.05, 0) is 78.6 Å². The SMILES string of the molecule is CO[C@@H]1[C@H](NC(=O)C23CCC(C(=O)O)(CC2)CC3)CC[C@]2(CO2)[C@H]1[C@]1(C)O[C@@H]1CC=C(C)C. The van der Waals surface area contributed by atoms with E-state index in [4.69, 9.17) is 14.2 Å². The van der Waals surface area contributed by atoms with E-state index in [0.717, 1.165) is 25.9 Å². The summed E-state index contributed by atoms with van der Waals surface area (Å²) in [5.41, 5.74) is -0.274. The summed E-state index contributed by atoms with van der Waals surface area (Å²) in [5, 5.41) is 13.0. The van der Waals surface area contributed by atoms with Crippen molar-refractivity contribution in [2.45, 2.75) is 108 Å². The van der Waals surface area contributed by atoms with Crippen LogP contribution < -0.4 is 5.32 Å². The number of hydrogen-bond donors (Lipinski definition) is 2. The highest BCUT2D eigenvalue weighted by molar-refractivity contribution is 5.85. The predicted molar refractivity (Wildman–Crippen MR) is 122 cm³/mol. The molecule has 0 radical (unpaired) electrons. The number of allylic oxidation sites excluding steroid dienone is 1. The van der Waals surface area contributed by atoms with Crippen LogP contribution in [0.2, 0.25) is 0 Å². The van der Waals surface area contributed by atoms with Crippen molar-refractivity contribution in [3.63, 3.8) is 0 Å². The molecule has 2 bridgehead atoms. The van der Waals surface area contributed by atoms with Crippen LogP contribution >= 0.6 is 0 Å². The van der Waals surface area contributed by atoms with E-state index in [1.807, 2.05) is 0 Å². The number of nitrogens with one attached hydrogen (secondary N) is 1. The molecule has 0 aromatic rings. The zero-order valence-electron chi connectivity index (χ0n) is 20.4. The van der Waals surface area contributed by atoms with Gasteiger partial charge in [-0.25, -0.2) is 0 Å². The van der Waals surface area contributed by atoms with Crippen molar-refractivity contribution in [2.75, 3.05) is 13.7 Å². The molecule has 6 fully saturated rings. The maximum Gasteiger partial charge on any atom is 0.309 e. The summed E-state index contributed by atoms with van der Waals surface area (Å²) in [5.74, 6) is -0.539. The lowest BCUT2D eigenvalue weighted by atomic mass is 9.53. The lowest BCUT2D eigenvalue weighted by molar-refractivity contribution is -0.164. The predicted octanol–water partition coefficient (Wildman–Crippen LogP) is 3.60. The smallest absolute Gasteiger partial charge is 0.309 e. The quantitative estimate of drug-likeness (QED) is 0.444. The molecule has 7 nitrogen and oxygen atoms in total. The number of rotatable bonds is 7. The molecule has 6 atom stereocenters. The van der Waals surface area contributed by atoms with Gasteiger partial charge in [-0.2, -0.15) is 0 Å². The standard InChI is InChI=1S/C26H39NO6/c1-16(2)5-6-18-23(3,33-18)20-19(31-4)17(7-8-26(20)15-32-26)27-21(28)24-9-12-25(13-10-24,14-11-24)22(29)30/h5,17-20H,6-15H2,1-4H3,(H,27,28)(H,29,30)/t17-,18-,19-,20-,23-,24?,25?,26+/m1/s1. The molecule has 0 aromatic heterocycles. The van der Waals surface area contributed by atoms with Gasteiger partial charge in [-0.1, -0.05) is 11.6 Å². The van der Waals surface area contributed by atoms with Gasteiger partial charge in [0.15, 0.2) is 0 Å². The van der Waals surface area contributed by atoms with Crippen LogP contribution in [0.4, 0.5) is 0 Å². The molecule has 2 aliphatic heterocycles. The molecule has 33 heavy (non-hydrogen) atoms. The van der Waals surface area contributed by atoms with Crippen molar-refractivity contribution in [1.29, 1.82) is 0 Å². The number of amides is 1. The third kappa shape index (κ3) is 3.66. The summed E-state index contributed by atoms with van der Waals surface area (Å²) in [6.07, 6.45) is 8.60. The van der Waals surface area contributed by atoms with Crippen LogP contribution in [0.15, 0.2) is 11.6 Å². The second-order valence-corrected chi connectivity index (χ2v) is 11.8. The van der Waals surface area contributed by atoms with E-state index in [9.17, 15) is 14.7 Å². The molecule has 4 saturated carbocycles. The van der Waals surface area contributed by atoms with Crippen molar-refractivity contribution in [2.24, 2.45) is 16.7 Å². The Balaban J connectivity index is 1.30. The van der Waals surface area contributed by atoms with E-state index >= 15 is 0 Å². The van der Waals surface area contributed by atoms with Crippen molar-refractivity contribution in [3.8, 4) is 0 Å². The molecule has 0 aromatic carbocycles. The molecule has 2 N–H and O–H groups in total. The number of hydrogen-bond acceptors (Lipinski definition) is 5. The Morgan fingerprint density at radius 1 is 1.09 bits per heavy atom. The molecule has 6 aliphatic rings. The average molecular weight is 462 g/mol. The largest absolute Gasteiger partial charge is 0.481 e. The Bertz CT molecular complexity index is 834. The summed E-state index contributed by atoms with van der Waals surface area (Å²) in [7, 11) is 1.73. The molecular weight excluding hydrogens is 422 g/mol. The summed E-state index contributed by atoms with van der Waals surface area (Å²) in [6.45, 7) is 7.11. The van der Waals surface area contributed by atoms with Crippen LogP contribution in [0, 0.1) is 16.7 Å².